The Morgan fingerprint density at radius 1 is 0.618 bits per heavy atom. The van der Waals surface area contributed by atoms with Crippen molar-refractivity contribution in [2.45, 2.75) is 275 Å². The lowest BCUT2D eigenvalue weighted by Gasteiger charge is -2.38. The zero-order chi connectivity index (χ0) is 49.2. The van der Waals surface area contributed by atoms with Crippen LogP contribution in [-0.4, -0.2) is 109 Å². The number of allylic oxidation sites excluding steroid dienone is 8. The zero-order valence-corrected chi connectivity index (χ0v) is 44.3. The third kappa shape index (κ3) is 32.2. The van der Waals surface area contributed by atoms with Crippen molar-refractivity contribution in [1.29, 1.82) is 0 Å². The van der Waals surface area contributed by atoms with Gasteiger partial charge in [0.1, 0.15) is 18.3 Å². The molecular weight excluding hydrogens is 853 g/mol. The average Bonchev–Trinajstić information content (AvgIpc) is 3.75. The van der Waals surface area contributed by atoms with Crippen LogP contribution in [0, 0.1) is 0 Å². The maximum Gasteiger partial charge on any atom is 0.219 e. The summed E-state index contributed by atoms with van der Waals surface area (Å²) in [6.45, 7) is 9.86. The minimum absolute atomic E-state index is 0.0371. The summed E-state index contributed by atoms with van der Waals surface area (Å²) in [5.41, 5.74) is 0. The molecule has 2 saturated heterocycles. The first-order chi connectivity index (χ1) is 33.2. The van der Waals surface area contributed by atoms with Crippen molar-refractivity contribution in [1.82, 2.24) is 10.2 Å². The van der Waals surface area contributed by atoms with E-state index in [1.165, 1.54) is 141 Å². The Balaban J connectivity index is 1.61. The molecule has 1 amide bonds. The number of carbonyl (C=O) groups is 1. The van der Waals surface area contributed by atoms with Crippen molar-refractivity contribution in [3.8, 4) is 0 Å². The van der Waals surface area contributed by atoms with E-state index in [0.717, 1.165) is 64.5 Å². The number of rotatable bonds is 45. The Hall–Kier alpha value is -1.89. The quantitative estimate of drug-likeness (QED) is 0.0348. The molecule has 0 aromatic heterocycles. The van der Waals surface area contributed by atoms with Crippen LogP contribution in [0.5, 0.6) is 0 Å². The molecule has 68 heavy (non-hydrogen) atoms. The van der Waals surface area contributed by atoms with Crippen molar-refractivity contribution >= 4 is 5.91 Å². The largest absolute Gasteiger partial charge is 0.388 e. The van der Waals surface area contributed by atoms with Crippen LogP contribution in [0.25, 0.3) is 0 Å². The van der Waals surface area contributed by atoms with Crippen LogP contribution in [-0.2, 0) is 23.7 Å². The van der Waals surface area contributed by atoms with Gasteiger partial charge in [0.05, 0.1) is 18.8 Å². The van der Waals surface area contributed by atoms with Crippen molar-refractivity contribution in [3.63, 3.8) is 0 Å². The molecule has 4 N–H and O–H groups in total. The van der Waals surface area contributed by atoms with Gasteiger partial charge in [0.2, 0.25) is 5.91 Å². The summed E-state index contributed by atoms with van der Waals surface area (Å²) in [6.07, 6.45) is 51.6. The minimum Gasteiger partial charge on any atom is -0.388 e. The number of carbonyl (C=O) groups excluding carboxylic acids is 1. The van der Waals surface area contributed by atoms with Gasteiger partial charge in [-0.15, -0.1) is 0 Å². The number of ether oxygens (including phenoxy) is 4. The summed E-state index contributed by atoms with van der Waals surface area (Å²) >= 11 is 0. The van der Waals surface area contributed by atoms with Crippen molar-refractivity contribution in [2.75, 3.05) is 39.9 Å². The molecule has 0 saturated carbocycles. The Morgan fingerprint density at radius 3 is 1.69 bits per heavy atom. The molecule has 6 unspecified atom stereocenters. The van der Waals surface area contributed by atoms with E-state index >= 15 is 0 Å². The minimum atomic E-state index is -1.31. The molecule has 2 fully saturated rings. The topological polar surface area (TPSA) is 130 Å². The van der Waals surface area contributed by atoms with E-state index in [0.29, 0.717) is 39.0 Å². The maximum atomic E-state index is 12.3. The molecule has 0 aromatic carbocycles. The Labute approximate surface area is 417 Å². The fourth-order valence-electron chi connectivity index (χ4n) is 9.13. The molecular formula is C58H106N2O8. The molecule has 2 heterocycles. The Morgan fingerprint density at radius 2 is 1.13 bits per heavy atom. The summed E-state index contributed by atoms with van der Waals surface area (Å²) in [4.78, 5) is 14.8. The van der Waals surface area contributed by atoms with Crippen LogP contribution in [0.1, 0.15) is 233 Å². The summed E-state index contributed by atoms with van der Waals surface area (Å²) in [5, 5.41) is 32.9. The smallest absolute Gasteiger partial charge is 0.219 e. The Bertz CT molecular complexity index is 1240. The number of nitrogens with one attached hydrogen (secondary N) is 1. The monoisotopic (exact) mass is 959 g/mol. The van der Waals surface area contributed by atoms with E-state index in [-0.39, 0.29) is 12.0 Å². The third-order valence-electron chi connectivity index (χ3n) is 13.7. The van der Waals surface area contributed by atoms with Gasteiger partial charge in [0.15, 0.2) is 12.1 Å². The molecule has 396 valence electrons. The lowest BCUT2D eigenvalue weighted by atomic mass is 9.98. The number of aliphatic hydroxyl groups excluding tert-OH is 3. The average molecular weight is 959 g/mol. The summed E-state index contributed by atoms with van der Waals surface area (Å²) in [6, 6.07) is 0. The van der Waals surface area contributed by atoms with Crippen LogP contribution in [0.4, 0.5) is 0 Å². The SMILES string of the molecule is CCCCCC=CCC=CCCCCCCCCC1(CCCCCCCCC=CCC=CCCCCC)OCC(CCN(C)CCCCCNC(=O)CCCCOC2OC(C)C(O)C(O)C2O)O1. The maximum absolute atomic E-state index is 12.3. The molecule has 0 aromatic rings. The number of amides is 1. The standard InChI is InChI=1S/C58H106N2O8/c1-5-7-9-11-13-15-17-19-21-23-25-27-29-31-33-37-44-58(45-38-34-32-30-28-26-24-22-20-18-16-14-12-10-8-6-2)66-50-52(68-58)43-48-60(4)47-40-35-39-46-59-53(61)42-36-41-49-65-57-56(64)55(63)54(62)51(3)67-57/h13-16,19-22,51-52,54-57,62-64H,5-12,17-18,23-50H2,1-4H3,(H,59,61). The van der Waals surface area contributed by atoms with E-state index in [1.807, 2.05) is 0 Å². The van der Waals surface area contributed by atoms with E-state index in [2.05, 4.69) is 79.7 Å². The zero-order valence-electron chi connectivity index (χ0n) is 44.3. The number of hydrogen-bond donors (Lipinski definition) is 4. The van der Waals surface area contributed by atoms with E-state index in [4.69, 9.17) is 18.9 Å². The molecule has 0 radical (unpaired) electrons. The first kappa shape index (κ1) is 62.2. The number of unbranched alkanes of at least 4 members (excludes halogenated alkanes) is 21. The van der Waals surface area contributed by atoms with Gasteiger partial charge < -0.3 is 44.5 Å². The van der Waals surface area contributed by atoms with Crippen LogP contribution in [0.15, 0.2) is 48.6 Å². The molecule has 0 bridgehead atoms. The van der Waals surface area contributed by atoms with Gasteiger partial charge in [-0.05, 0) is 130 Å². The van der Waals surface area contributed by atoms with Crippen LogP contribution in [0.2, 0.25) is 0 Å². The third-order valence-corrected chi connectivity index (χ3v) is 13.7. The molecule has 0 spiro atoms. The molecule has 10 heteroatoms. The van der Waals surface area contributed by atoms with Gasteiger partial charge in [-0.25, -0.2) is 0 Å². The van der Waals surface area contributed by atoms with Crippen LogP contribution >= 0.6 is 0 Å². The molecule has 2 rings (SSSR count). The summed E-state index contributed by atoms with van der Waals surface area (Å²) in [7, 11) is 2.20. The molecule has 0 aliphatic carbocycles. The lowest BCUT2D eigenvalue weighted by molar-refractivity contribution is -0.293. The van der Waals surface area contributed by atoms with Crippen molar-refractivity contribution in [2.24, 2.45) is 0 Å². The van der Waals surface area contributed by atoms with E-state index in [9.17, 15) is 20.1 Å². The summed E-state index contributed by atoms with van der Waals surface area (Å²) in [5.74, 6) is -0.372. The van der Waals surface area contributed by atoms with Gasteiger partial charge in [0.25, 0.3) is 0 Å². The fourth-order valence-corrected chi connectivity index (χ4v) is 9.13. The van der Waals surface area contributed by atoms with E-state index in [1.54, 1.807) is 6.92 Å². The second-order valence-corrected chi connectivity index (χ2v) is 20.1. The van der Waals surface area contributed by atoms with Gasteiger partial charge >= 0.3 is 0 Å². The first-order valence-electron chi connectivity index (χ1n) is 28.4. The fraction of sp³-hybridized carbons (Fsp3) is 0.845. The molecule has 2 aliphatic rings. The highest BCUT2D eigenvalue weighted by Crippen LogP contribution is 2.36. The second-order valence-electron chi connectivity index (χ2n) is 20.1. The predicted octanol–water partition coefficient (Wildman–Crippen LogP) is 13.1. The highest BCUT2D eigenvalue weighted by atomic mass is 16.7. The second kappa shape index (κ2) is 42.8. The van der Waals surface area contributed by atoms with E-state index < -0.39 is 36.5 Å². The first-order valence-corrected chi connectivity index (χ1v) is 28.4. The van der Waals surface area contributed by atoms with Gasteiger partial charge in [-0.3, -0.25) is 4.79 Å². The Kier molecular flexibility index (Phi) is 39.1. The van der Waals surface area contributed by atoms with Crippen molar-refractivity contribution < 1.29 is 39.1 Å². The van der Waals surface area contributed by atoms with Crippen LogP contribution < -0.4 is 5.32 Å². The molecule has 6 atom stereocenters. The number of hydrogen-bond acceptors (Lipinski definition) is 9. The van der Waals surface area contributed by atoms with Crippen molar-refractivity contribution in [3.05, 3.63) is 48.6 Å². The highest BCUT2D eigenvalue weighted by molar-refractivity contribution is 5.75. The summed E-state index contributed by atoms with van der Waals surface area (Å²) < 4.78 is 24.5. The predicted molar refractivity (Wildman–Crippen MR) is 283 cm³/mol. The molecule has 2 aliphatic heterocycles. The number of nitrogens with zero attached hydrogens (tertiary/aromatic N) is 1. The molecule has 10 nitrogen and oxygen atoms in total. The van der Waals surface area contributed by atoms with Gasteiger partial charge in [-0.1, -0.05) is 146 Å². The normalized spacial score (nSPS) is 23.5. The lowest BCUT2D eigenvalue weighted by Crippen LogP contribution is -2.57. The number of aliphatic hydroxyl groups is 3. The highest BCUT2D eigenvalue weighted by Gasteiger charge is 2.42. The van der Waals surface area contributed by atoms with Gasteiger partial charge in [0, 0.05) is 39.0 Å². The van der Waals surface area contributed by atoms with Gasteiger partial charge in [-0.2, -0.15) is 0 Å². The van der Waals surface area contributed by atoms with Crippen LogP contribution in [0.3, 0.4) is 0 Å².